The van der Waals surface area contributed by atoms with Crippen LogP contribution in [-0.2, 0) is 6.54 Å². The zero-order valence-electron chi connectivity index (χ0n) is 10.1. The molecule has 1 aromatic carbocycles. The molecular formula is C13H14N4O. The molecule has 0 radical (unpaired) electrons. The van der Waals surface area contributed by atoms with Crippen molar-refractivity contribution in [3.8, 4) is 0 Å². The number of hydrogen-bond acceptors (Lipinski definition) is 4. The molecule has 0 atom stereocenters. The van der Waals surface area contributed by atoms with Crippen LogP contribution < -0.4 is 11.1 Å². The summed E-state index contributed by atoms with van der Waals surface area (Å²) in [5, 5.41) is 2.79. The van der Waals surface area contributed by atoms with E-state index in [0.29, 0.717) is 12.4 Å². The summed E-state index contributed by atoms with van der Waals surface area (Å²) in [6, 6.07) is 7.89. The average molecular weight is 242 g/mol. The quantitative estimate of drug-likeness (QED) is 0.850. The molecular weight excluding hydrogens is 228 g/mol. The minimum Gasteiger partial charge on any atom is -0.382 e. The Bertz CT molecular complexity index is 551. The molecule has 0 saturated heterocycles. The molecule has 92 valence electrons. The highest BCUT2D eigenvalue weighted by Gasteiger charge is 2.07. The second-order valence-electron chi connectivity index (χ2n) is 3.94. The molecule has 2 rings (SSSR count). The lowest BCUT2D eigenvalue weighted by atomic mass is 10.1. The van der Waals surface area contributed by atoms with E-state index < -0.39 is 0 Å². The van der Waals surface area contributed by atoms with E-state index in [1.54, 1.807) is 0 Å². The average Bonchev–Trinajstić information content (AvgIpc) is 2.38. The predicted octanol–water partition coefficient (Wildman–Crippen LogP) is 1.30. The number of nitrogens with one attached hydrogen (secondary N) is 1. The summed E-state index contributed by atoms with van der Waals surface area (Å²) >= 11 is 0. The lowest BCUT2D eigenvalue weighted by Crippen LogP contribution is -2.24. The third-order valence-corrected chi connectivity index (χ3v) is 2.61. The van der Waals surface area contributed by atoms with E-state index in [-0.39, 0.29) is 11.6 Å². The van der Waals surface area contributed by atoms with Crippen LogP contribution in [0, 0.1) is 6.92 Å². The highest BCUT2D eigenvalue weighted by atomic mass is 16.1. The number of aryl methyl sites for hydroxylation is 1. The van der Waals surface area contributed by atoms with Gasteiger partial charge in [-0.3, -0.25) is 4.79 Å². The molecule has 18 heavy (non-hydrogen) atoms. The van der Waals surface area contributed by atoms with Crippen LogP contribution in [0.2, 0.25) is 0 Å². The van der Waals surface area contributed by atoms with Gasteiger partial charge in [-0.1, -0.05) is 24.3 Å². The van der Waals surface area contributed by atoms with Crippen LogP contribution >= 0.6 is 0 Å². The van der Waals surface area contributed by atoms with Gasteiger partial charge in [0, 0.05) is 6.54 Å². The molecule has 2 aromatic rings. The van der Waals surface area contributed by atoms with Gasteiger partial charge in [-0.25, -0.2) is 9.97 Å². The number of anilines is 1. The molecule has 3 N–H and O–H groups in total. The number of aromatic nitrogens is 2. The standard InChI is InChI=1S/C13H14N4O/c1-9-4-2-3-5-10(9)6-17-13(18)11-7-16-12(14)8-15-11/h2-5,7-8H,6H2,1H3,(H2,14,16)(H,17,18). The van der Waals surface area contributed by atoms with E-state index in [9.17, 15) is 4.79 Å². The number of carbonyl (C=O) groups is 1. The van der Waals surface area contributed by atoms with E-state index >= 15 is 0 Å². The van der Waals surface area contributed by atoms with Crippen LogP contribution in [0.25, 0.3) is 0 Å². The maximum Gasteiger partial charge on any atom is 0.271 e. The minimum atomic E-state index is -0.259. The number of benzene rings is 1. The molecule has 0 saturated carbocycles. The largest absolute Gasteiger partial charge is 0.382 e. The molecule has 0 aliphatic rings. The number of hydrogen-bond donors (Lipinski definition) is 2. The minimum absolute atomic E-state index is 0.259. The van der Waals surface area contributed by atoms with Gasteiger partial charge in [0.25, 0.3) is 5.91 Å². The van der Waals surface area contributed by atoms with Gasteiger partial charge in [-0.05, 0) is 18.1 Å². The van der Waals surface area contributed by atoms with Crippen molar-refractivity contribution < 1.29 is 4.79 Å². The summed E-state index contributed by atoms with van der Waals surface area (Å²) in [4.78, 5) is 19.5. The maximum absolute atomic E-state index is 11.8. The number of nitrogens with two attached hydrogens (primary N) is 1. The van der Waals surface area contributed by atoms with Gasteiger partial charge in [0.2, 0.25) is 0 Å². The molecule has 5 nitrogen and oxygen atoms in total. The van der Waals surface area contributed by atoms with E-state index in [1.165, 1.54) is 12.4 Å². The highest BCUT2D eigenvalue weighted by molar-refractivity contribution is 5.91. The maximum atomic E-state index is 11.8. The SMILES string of the molecule is Cc1ccccc1CNC(=O)c1cnc(N)cn1. The van der Waals surface area contributed by atoms with Crippen molar-refractivity contribution in [2.24, 2.45) is 0 Å². The molecule has 5 heteroatoms. The molecule has 0 spiro atoms. The van der Waals surface area contributed by atoms with Crippen molar-refractivity contribution in [1.29, 1.82) is 0 Å². The van der Waals surface area contributed by atoms with Crippen molar-refractivity contribution in [1.82, 2.24) is 15.3 Å². The second-order valence-corrected chi connectivity index (χ2v) is 3.94. The Balaban J connectivity index is 2.01. The Morgan fingerprint density at radius 3 is 2.72 bits per heavy atom. The van der Waals surface area contributed by atoms with Crippen LogP contribution in [0.3, 0.4) is 0 Å². The summed E-state index contributed by atoms with van der Waals surface area (Å²) in [5.41, 5.74) is 7.89. The third-order valence-electron chi connectivity index (χ3n) is 2.61. The molecule has 0 fully saturated rings. The van der Waals surface area contributed by atoms with Crippen molar-refractivity contribution in [3.63, 3.8) is 0 Å². The highest BCUT2D eigenvalue weighted by Crippen LogP contribution is 2.06. The monoisotopic (exact) mass is 242 g/mol. The lowest BCUT2D eigenvalue weighted by molar-refractivity contribution is 0.0945. The van der Waals surface area contributed by atoms with Crippen LogP contribution in [0.4, 0.5) is 5.82 Å². The smallest absolute Gasteiger partial charge is 0.271 e. The Hall–Kier alpha value is -2.43. The summed E-state index contributed by atoms with van der Waals surface area (Å²) in [6.07, 6.45) is 2.73. The number of nitrogens with zero attached hydrogens (tertiary/aromatic N) is 2. The molecule has 1 heterocycles. The zero-order chi connectivity index (χ0) is 13.0. The Morgan fingerprint density at radius 1 is 1.28 bits per heavy atom. The Morgan fingerprint density at radius 2 is 2.06 bits per heavy atom. The summed E-state index contributed by atoms with van der Waals surface area (Å²) in [6.45, 7) is 2.47. The zero-order valence-corrected chi connectivity index (χ0v) is 10.1. The van der Waals surface area contributed by atoms with Gasteiger partial charge in [0.1, 0.15) is 11.5 Å². The number of nitrogen functional groups attached to an aromatic ring is 1. The summed E-state index contributed by atoms with van der Waals surface area (Å²) in [5.74, 6) is 0.0382. The van der Waals surface area contributed by atoms with Gasteiger partial charge < -0.3 is 11.1 Å². The van der Waals surface area contributed by atoms with E-state index in [1.807, 2.05) is 31.2 Å². The molecule has 0 aliphatic heterocycles. The molecule has 0 bridgehead atoms. The van der Waals surface area contributed by atoms with Crippen LogP contribution in [-0.4, -0.2) is 15.9 Å². The van der Waals surface area contributed by atoms with Crippen molar-refractivity contribution in [2.45, 2.75) is 13.5 Å². The number of amides is 1. The lowest BCUT2D eigenvalue weighted by Gasteiger charge is -2.07. The van der Waals surface area contributed by atoms with Crippen molar-refractivity contribution in [3.05, 3.63) is 53.5 Å². The molecule has 0 aliphatic carbocycles. The first-order chi connectivity index (χ1) is 8.66. The Labute approximate surface area is 105 Å². The molecule has 1 aromatic heterocycles. The van der Waals surface area contributed by atoms with Crippen molar-refractivity contribution in [2.75, 3.05) is 5.73 Å². The van der Waals surface area contributed by atoms with E-state index in [0.717, 1.165) is 11.1 Å². The van der Waals surface area contributed by atoms with Crippen LogP contribution in [0.1, 0.15) is 21.6 Å². The summed E-state index contributed by atoms with van der Waals surface area (Å²) in [7, 11) is 0. The fourth-order valence-electron chi connectivity index (χ4n) is 1.53. The first-order valence-electron chi connectivity index (χ1n) is 5.57. The van der Waals surface area contributed by atoms with Crippen LogP contribution in [0.15, 0.2) is 36.7 Å². The second kappa shape index (κ2) is 5.27. The first kappa shape index (κ1) is 12.0. The number of carbonyl (C=O) groups excluding carboxylic acids is 1. The molecule has 0 unspecified atom stereocenters. The predicted molar refractivity (Wildman–Crippen MR) is 68.8 cm³/mol. The van der Waals surface area contributed by atoms with E-state index in [4.69, 9.17) is 5.73 Å². The fraction of sp³-hybridized carbons (Fsp3) is 0.154. The van der Waals surface area contributed by atoms with Crippen molar-refractivity contribution >= 4 is 11.7 Å². The van der Waals surface area contributed by atoms with E-state index in [2.05, 4.69) is 15.3 Å². The van der Waals surface area contributed by atoms with Crippen LogP contribution in [0.5, 0.6) is 0 Å². The Kier molecular flexibility index (Phi) is 3.52. The molecule has 1 amide bonds. The van der Waals surface area contributed by atoms with Gasteiger partial charge in [0.15, 0.2) is 0 Å². The normalized spacial score (nSPS) is 10.1. The van der Waals surface area contributed by atoms with Gasteiger partial charge in [0.05, 0.1) is 12.4 Å². The van der Waals surface area contributed by atoms with Gasteiger partial charge in [-0.15, -0.1) is 0 Å². The van der Waals surface area contributed by atoms with Gasteiger partial charge in [-0.2, -0.15) is 0 Å². The number of rotatable bonds is 3. The van der Waals surface area contributed by atoms with Gasteiger partial charge >= 0.3 is 0 Å². The topological polar surface area (TPSA) is 80.9 Å². The summed E-state index contributed by atoms with van der Waals surface area (Å²) < 4.78 is 0. The fourth-order valence-corrected chi connectivity index (χ4v) is 1.53. The first-order valence-corrected chi connectivity index (χ1v) is 5.57. The third kappa shape index (κ3) is 2.82.